The lowest BCUT2D eigenvalue weighted by Crippen LogP contribution is -2.44. The van der Waals surface area contributed by atoms with E-state index < -0.39 is 0 Å². The first-order valence-electron chi connectivity index (χ1n) is 8.06. The Morgan fingerprint density at radius 3 is 2.45 bits per heavy atom. The van der Waals surface area contributed by atoms with Gasteiger partial charge in [0.05, 0.1) is 6.04 Å². The van der Waals surface area contributed by atoms with Gasteiger partial charge in [-0.25, -0.2) is 0 Å². The third-order valence-corrected chi connectivity index (χ3v) is 6.17. The Labute approximate surface area is 128 Å². The third-order valence-electron chi connectivity index (χ3n) is 5.08. The van der Waals surface area contributed by atoms with E-state index in [0.717, 1.165) is 5.92 Å². The monoisotopic (exact) mass is 294 g/mol. The Kier molecular flexibility index (Phi) is 5.65. The molecule has 0 bridgehead atoms. The molecule has 0 aromatic carbocycles. The fourth-order valence-corrected chi connectivity index (χ4v) is 4.86. The van der Waals surface area contributed by atoms with E-state index in [-0.39, 0.29) is 6.04 Å². The smallest absolute Gasteiger partial charge is 0.0593 e. The third kappa shape index (κ3) is 3.44. The molecule has 2 atom stereocenters. The molecular formula is C17H30N2S. The zero-order valence-corrected chi connectivity index (χ0v) is 14.2. The highest BCUT2D eigenvalue weighted by Crippen LogP contribution is 2.36. The molecule has 2 nitrogen and oxygen atoms in total. The number of thiophene rings is 1. The summed E-state index contributed by atoms with van der Waals surface area (Å²) in [5.74, 6) is 0.955. The molecule has 1 aromatic heterocycles. The van der Waals surface area contributed by atoms with Gasteiger partial charge in [-0.1, -0.05) is 13.3 Å². The fourth-order valence-electron chi connectivity index (χ4n) is 3.67. The summed E-state index contributed by atoms with van der Waals surface area (Å²) in [5.41, 5.74) is 7.72. The van der Waals surface area contributed by atoms with Gasteiger partial charge in [-0.3, -0.25) is 4.90 Å². The van der Waals surface area contributed by atoms with Crippen LogP contribution >= 0.6 is 11.3 Å². The van der Waals surface area contributed by atoms with Gasteiger partial charge in [0.1, 0.15) is 0 Å². The minimum atomic E-state index is 0.182. The SMILES string of the molecule is CCC1CCC(N(C)C(c2sccc2C)C(C)N)CC1. The zero-order valence-electron chi connectivity index (χ0n) is 13.4. The molecule has 1 heterocycles. The average Bonchev–Trinajstić information content (AvgIpc) is 2.85. The summed E-state index contributed by atoms with van der Waals surface area (Å²) in [6.45, 7) is 6.69. The molecule has 0 aliphatic heterocycles. The van der Waals surface area contributed by atoms with Gasteiger partial charge in [0.15, 0.2) is 0 Å². The summed E-state index contributed by atoms with van der Waals surface area (Å²) in [7, 11) is 2.28. The zero-order chi connectivity index (χ0) is 14.7. The van der Waals surface area contributed by atoms with Gasteiger partial charge in [0, 0.05) is 17.0 Å². The van der Waals surface area contributed by atoms with Crippen LogP contribution < -0.4 is 5.73 Å². The van der Waals surface area contributed by atoms with E-state index in [2.05, 4.69) is 44.2 Å². The molecule has 20 heavy (non-hydrogen) atoms. The summed E-state index contributed by atoms with van der Waals surface area (Å²) < 4.78 is 0. The highest BCUT2D eigenvalue weighted by Gasteiger charge is 2.31. The minimum absolute atomic E-state index is 0.182. The van der Waals surface area contributed by atoms with Crippen LogP contribution in [0.25, 0.3) is 0 Å². The Morgan fingerprint density at radius 1 is 1.35 bits per heavy atom. The maximum Gasteiger partial charge on any atom is 0.0593 e. The summed E-state index contributed by atoms with van der Waals surface area (Å²) in [4.78, 5) is 4.02. The second-order valence-electron chi connectivity index (χ2n) is 6.52. The van der Waals surface area contributed by atoms with Crippen molar-refractivity contribution in [3.63, 3.8) is 0 Å². The van der Waals surface area contributed by atoms with E-state index in [0.29, 0.717) is 12.1 Å². The van der Waals surface area contributed by atoms with E-state index >= 15 is 0 Å². The first kappa shape index (κ1) is 16.0. The average molecular weight is 295 g/mol. The molecule has 3 heteroatoms. The topological polar surface area (TPSA) is 29.3 Å². The van der Waals surface area contributed by atoms with Crippen molar-refractivity contribution in [2.75, 3.05) is 7.05 Å². The van der Waals surface area contributed by atoms with Crippen molar-refractivity contribution in [2.24, 2.45) is 11.7 Å². The maximum absolute atomic E-state index is 6.32. The second-order valence-corrected chi connectivity index (χ2v) is 7.47. The molecule has 0 radical (unpaired) electrons. The fraction of sp³-hybridized carbons (Fsp3) is 0.765. The number of likely N-dealkylation sites (N-methyl/N-ethyl adjacent to an activating group) is 1. The van der Waals surface area contributed by atoms with Crippen LogP contribution in [0.1, 0.15) is 62.4 Å². The van der Waals surface area contributed by atoms with Crippen molar-refractivity contribution in [3.05, 3.63) is 21.9 Å². The first-order valence-corrected chi connectivity index (χ1v) is 8.94. The van der Waals surface area contributed by atoms with Crippen molar-refractivity contribution in [3.8, 4) is 0 Å². The molecule has 0 amide bonds. The Bertz CT molecular complexity index is 405. The van der Waals surface area contributed by atoms with Gasteiger partial charge in [-0.15, -0.1) is 11.3 Å². The first-order chi connectivity index (χ1) is 9.54. The molecule has 1 aromatic rings. The van der Waals surface area contributed by atoms with Gasteiger partial charge in [-0.2, -0.15) is 0 Å². The van der Waals surface area contributed by atoms with Gasteiger partial charge in [-0.05, 0) is 69.5 Å². The van der Waals surface area contributed by atoms with Crippen molar-refractivity contribution in [1.29, 1.82) is 0 Å². The molecule has 1 aliphatic rings. The summed E-state index contributed by atoms with van der Waals surface area (Å²) in [6.07, 6.45) is 6.80. The standard InChI is InChI=1S/C17H30N2S/c1-5-14-6-8-15(9-7-14)19(4)16(13(3)18)17-12(2)10-11-20-17/h10-11,13-16H,5-9,18H2,1-4H3. The van der Waals surface area contributed by atoms with Gasteiger partial charge < -0.3 is 5.73 Å². The van der Waals surface area contributed by atoms with Crippen LogP contribution in [-0.4, -0.2) is 24.0 Å². The van der Waals surface area contributed by atoms with Gasteiger partial charge in [0.25, 0.3) is 0 Å². The van der Waals surface area contributed by atoms with E-state index in [1.807, 2.05) is 11.3 Å². The minimum Gasteiger partial charge on any atom is -0.326 e. The van der Waals surface area contributed by atoms with Crippen LogP contribution in [0, 0.1) is 12.8 Å². The number of hydrogen-bond acceptors (Lipinski definition) is 3. The number of nitrogens with two attached hydrogens (primary N) is 1. The van der Waals surface area contributed by atoms with E-state index in [9.17, 15) is 0 Å². The molecule has 1 fully saturated rings. The van der Waals surface area contributed by atoms with Crippen molar-refractivity contribution >= 4 is 11.3 Å². The quantitative estimate of drug-likeness (QED) is 0.875. The molecule has 114 valence electrons. The van der Waals surface area contributed by atoms with E-state index in [1.165, 1.54) is 42.5 Å². The van der Waals surface area contributed by atoms with E-state index in [1.54, 1.807) is 0 Å². The molecule has 2 unspecified atom stereocenters. The summed E-state index contributed by atoms with van der Waals surface area (Å²) >= 11 is 1.86. The normalized spacial score (nSPS) is 26.7. The largest absolute Gasteiger partial charge is 0.326 e. The van der Waals surface area contributed by atoms with Crippen LogP contribution in [0.2, 0.25) is 0 Å². The van der Waals surface area contributed by atoms with Crippen LogP contribution in [-0.2, 0) is 0 Å². The summed E-state index contributed by atoms with van der Waals surface area (Å²) in [6, 6.07) is 3.48. The molecule has 0 spiro atoms. The van der Waals surface area contributed by atoms with Gasteiger partial charge >= 0.3 is 0 Å². The Hall–Kier alpha value is -0.380. The number of aryl methyl sites for hydroxylation is 1. The molecule has 2 rings (SSSR count). The Balaban J connectivity index is 2.09. The highest BCUT2D eigenvalue weighted by molar-refractivity contribution is 7.10. The lowest BCUT2D eigenvalue weighted by molar-refractivity contribution is 0.109. The highest BCUT2D eigenvalue weighted by atomic mass is 32.1. The van der Waals surface area contributed by atoms with Crippen molar-refractivity contribution in [2.45, 2.75) is 71.0 Å². The lowest BCUT2D eigenvalue weighted by Gasteiger charge is -2.40. The van der Waals surface area contributed by atoms with Gasteiger partial charge in [0.2, 0.25) is 0 Å². The van der Waals surface area contributed by atoms with E-state index in [4.69, 9.17) is 5.73 Å². The van der Waals surface area contributed by atoms with Crippen molar-refractivity contribution < 1.29 is 0 Å². The molecule has 0 saturated heterocycles. The maximum atomic E-state index is 6.32. The number of hydrogen-bond donors (Lipinski definition) is 1. The molecule has 1 saturated carbocycles. The number of rotatable bonds is 5. The summed E-state index contributed by atoms with van der Waals surface area (Å²) in [5, 5.41) is 2.20. The van der Waals surface area contributed by atoms with Crippen LogP contribution in [0.4, 0.5) is 0 Å². The van der Waals surface area contributed by atoms with Crippen LogP contribution in [0.15, 0.2) is 11.4 Å². The number of nitrogens with zero attached hydrogens (tertiary/aromatic N) is 1. The lowest BCUT2D eigenvalue weighted by atomic mass is 9.83. The van der Waals surface area contributed by atoms with Crippen molar-refractivity contribution in [1.82, 2.24) is 4.90 Å². The second kappa shape index (κ2) is 7.06. The molecule has 2 N–H and O–H groups in total. The Morgan fingerprint density at radius 2 is 2.00 bits per heavy atom. The predicted molar refractivity (Wildman–Crippen MR) is 89.2 cm³/mol. The molecule has 1 aliphatic carbocycles. The van der Waals surface area contributed by atoms with Crippen LogP contribution in [0.5, 0.6) is 0 Å². The molecular weight excluding hydrogens is 264 g/mol. The van der Waals surface area contributed by atoms with Crippen LogP contribution in [0.3, 0.4) is 0 Å². The predicted octanol–water partition coefficient (Wildman–Crippen LogP) is 4.35.